The van der Waals surface area contributed by atoms with Crippen molar-refractivity contribution in [2.45, 2.75) is 70.0 Å². The van der Waals surface area contributed by atoms with E-state index in [4.69, 9.17) is 15.9 Å². The minimum absolute atomic E-state index is 0.0415. The molecule has 0 spiro atoms. The van der Waals surface area contributed by atoms with E-state index in [9.17, 15) is 24.9 Å². The second-order valence-corrected chi connectivity index (χ2v) is 11.6. The second kappa shape index (κ2) is 15.8. The third-order valence-corrected chi connectivity index (χ3v) is 7.50. The fraction of sp³-hybridized carbons (Fsp3) is 0.515. The predicted octanol–water partition coefficient (Wildman–Crippen LogP) is 1.47. The van der Waals surface area contributed by atoms with E-state index in [2.05, 4.69) is 16.6 Å². The molecule has 10 heteroatoms. The van der Waals surface area contributed by atoms with Crippen LogP contribution in [0, 0.1) is 19.3 Å². The fourth-order valence-corrected chi connectivity index (χ4v) is 4.79. The van der Waals surface area contributed by atoms with Crippen molar-refractivity contribution in [1.29, 1.82) is 0 Å². The van der Waals surface area contributed by atoms with Gasteiger partial charge in [-0.2, -0.15) is 0 Å². The Morgan fingerprint density at radius 2 is 1.86 bits per heavy atom. The van der Waals surface area contributed by atoms with Crippen LogP contribution < -0.4 is 15.4 Å². The van der Waals surface area contributed by atoms with Gasteiger partial charge in [0.15, 0.2) is 0 Å². The average molecular weight is 596 g/mol. The first-order chi connectivity index (χ1) is 20.4. The Morgan fingerprint density at radius 3 is 2.56 bits per heavy atom. The molecule has 4 atom stereocenters. The number of aryl methyl sites for hydroxylation is 1. The summed E-state index contributed by atoms with van der Waals surface area (Å²) in [7, 11) is 1.87. The number of terminal acetylenes is 1. The summed E-state index contributed by atoms with van der Waals surface area (Å²) in [6.07, 6.45) is 2.36. The van der Waals surface area contributed by atoms with Gasteiger partial charge in [0.05, 0.1) is 19.8 Å². The van der Waals surface area contributed by atoms with Gasteiger partial charge < -0.3 is 35.4 Å². The molecule has 5 N–H and O–H groups in total. The maximum absolute atomic E-state index is 12.5. The largest absolute Gasteiger partial charge is 0.494 e. The minimum atomic E-state index is -1.26. The van der Waals surface area contributed by atoms with Crippen LogP contribution in [0.5, 0.6) is 5.75 Å². The van der Waals surface area contributed by atoms with Crippen LogP contribution in [0.3, 0.4) is 0 Å². The Labute approximate surface area is 254 Å². The van der Waals surface area contributed by atoms with Crippen LogP contribution >= 0.6 is 0 Å². The van der Waals surface area contributed by atoms with Gasteiger partial charge in [0.1, 0.15) is 35.7 Å². The molecule has 10 nitrogen and oxygen atoms in total. The topological polar surface area (TPSA) is 141 Å². The molecule has 1 fully saturated rings. The summed E-state index contributed by atoms with van der Waals surface area (Å²) in [5, 5.41) is 35.8. The summed E-state index contributed by atoms with van der Waals surface area (Å²) in [6.45, 7) is 7.22. The summed E-state index contributed by atoms with van der Waals surface area (Å²) in [5.74, 6) is 2.76. The molecule has 0 bridgehead atoms. The molecule has 0 aliphatic carbocycles. The molecule has 1 aliphatic heterocycles. The fourth-order valence-electron chi connectivity index (χ4n) is 4.79. The van der Waals surface area contributed by atoms with Crippen molar-refractivity contribution >= 4 is 11.8 Å². The number of rotatable bonds is 14. The highest BCUT2D eigenvalue weighted by Gasteiger charge is 2.38. The number of amides is 2. The first-order valence-corrected chi connectivity index (χ1v) is 14.6. The lowest BCUT2D eigenvalue weighted by molar-refractivity contribution is -0.189. The summed E-state index contributed by atoms with van der Waals surface area (Å²) >= 11 is 0. The van der Waals surface area contributed by atoms with E-state index in [1.807, 2.05) is 61.3 Å². The maximum Gasteiger partial charge on any atom is 0.245 e. The van der Waals surface area contributed by atoms with Gasteiger partial charge in [-0.15, -0.1) is 6.42 Å². The molecule has 0 radical (unpaired) electrons. The molecule has 1 aliphatic rings. The van der Waals surface area contributed by atoms with Gasteiger partial charge in [-0.3, -0.25) is 14.5 Å². The molecule has 0 saturated carbocycles. The normalized spacial score (nSPS) is 20.3. The van der Waals surface area contributed by atoms with E-state index in [-0.39, 0.29) is 24.8 Å². The number of ether oxygens (including phenoxy) is 2. The van der Waals surface area contributed by atoms with Gasteiger partial charge in [-0.25, -0.2) is 0 Å². The lowest BCUT2D eigenvalue weighted by Gasteiger charge is -2.35. The second-order valence-electron chi connectivity index (χ2n) is 11.6. The smallest absolute Gasteiger partial charge is 0.245 e. The highest BCUT2D eigenvalue weighted by Crippen LogP contribution is 2.31. The van der Waals surface area contributed by atoms with E-state index < -0.39 is 30.0 Å². The molecule has 1 saturated heterocycles. The van der Waals surface area contributed by atoms with Crippen molar-refractivity contribution in [3.63, 3.8) is 0 Å². The SMILES string of the molecule is C#CCN(C)CCNC(=O)C(C)(C)NC(=O)CCCOc1ccc(Cc2cc([C@@H]3OC[C@@H](O)[C@H](O)[C@H]3O)ccc2C)cc1. The average Bonchev–Trinajstić information content (AvgIpc) is 2.96. The van der Waals surface area contributed by atoms with Gasteiger partial charge in [0, 0.05) is 19.5 Å². The number of nitrogens with zero attached hydrogens (tertiary/aromatic N) is 1. The van der Waals surface area contributed by atoms with Crippen molar-refractivity contribution in [1.82, 2.24) is 15.5 Å². The predicted molar refractivity (Wildman–Crippen MR) is 163 cm³/mol. The van der Waals surface area contributed by atoms with Gasteiger partial charge in [0.2, 0.25) is 11.8 Å². The highest BCUT2D eigenvalue weighted by molar-refractivity contribution is 5.90. The molecule has 0 aromatic heterocycles. The molecular weight excluding hydrogens is 550 g/mol. The summed E-state index contributed by atoms with van der Waals surface area (Å²) in [5.41, 5.74) is 2.92. The van der Waals surface area contributed by atoms with Gasteiger partial charge >= 0.3 is 0 Å². The van der Waals surface area contributed by atoms with E-state index in [0.29, 0.717) is 44.8 Å². The molecule has 2 aromatic rings. The Balaban J connectivity index is 1.43. The van der Waals surface area contributed by atoms with Crippen molar-refractivity contribution in [3.8, 4) is 18.1 Å². The quantitative estimate of drug-likeness (QED) is 0.163. The third kappa shape index (κ3) is 10.1. The number of hydrogen-bond acceptors (Lipinski definition) is 8. The molecule has 0 unspecified atom stereocenters. The molecule has 2 aromatic carbocycles. The zero-order chi connectivity index (χ0) is 31.6. The summed E-state index contributed by atoms with van der Waals surface area (Å²) in [6, 6.07) is 13.5. The van der Waals surface area contributed by atoms with Crippen LogP contribution in [0.4, 0.5) is 0 Å². The van der Waals surface area contributed by atoms with Gasteiger partial charge in [0.25, 0.3) is 0 Å². The van der Waals surface area contributed by atoms with Crippen molar-refractivity contribution in [3.05, 3.63) is 64.7 Å². The van der Waals surface area contributed by atoms with E-state index in [1.54, 1.807) is 13.8 Å². The Hall–Kier alpha value is -3.46. The van der Waals surface area contributed by atoms with E-state index >= 15 is 0 Å². The molecular formula is C33H45N3O7. The third-order valence-electron chi connectivity index (χ3n) is 7.50. The monoisotopic (exact) mass is 595 g/mol. The maximum atomic E-state index is 12.5. The number of aliphatic hydroxyl groups excluding tert-OH is 3. The number of benzene rings is 2. The molecule has 43 heavy (non-hydrogen) atoms. The van der Waals surface area contributed by atoms with Crippen LogP contribution in [0.2, 0.25) is 0 Å². The number of carbonyl (C=O) groups excluding carboxylic acids is 2. The van der Waals surface area contributed by atoms with E-state index in [1.165, 1.54) is 0 Å². The van der Waals surface area contributed by atoms with Crippen LogP contribution in [0.15, 0.2) is 42.5 Å². The zero-order valence-corrected chi connectivity index (χ0v) is 25.5. The van der Waals surface area contributed by atoms with E-state index in [0.717, 1.165) is 22.3 Å². The number of likely N-dealkylation sites (N-methyl/N-ethyl adjacent to an activating group) is 1. The van der Waals surface area contributed by atoms with Crippen molar-refractivity contribution < 1.29 is 34.4 Å². The van der Waals surface area contributed by atoms with Crippen LogP contribution in [0.25, 0.3) is 0 Å². The lowest BCUT2D eigenvalue weighted by Crippen LogP contribution is -2.55. The highest BCUT2D eigenvalue weighted by atomic mass is 16.5. The summed E-state index contributed by atoms with van der Waals surface area (Å²) < 4.78 is 11.4. The van der Waals surface area contributed by atoms with Crippen LogP contribution in [-0.4, -0.2) is 95.8 Å². The van der Waals surface area contributed by atoms with Crippen molar-refractivity contribution in [2.24, 2.45) is 0 Å². The van der Waals surface area contributed by atoms with Crippen molar-refractivity contribution in [2.75, 3.05) is 39.9 Å². The standard InChI is InChI=1S/C33H45N3O7/c1-6-16-36(5)17-15-34-32(41)33(3,4)35-28(38)8-7-18-42-26-13-10-23(11-14-26)19-25-20-24(12-9-22(25)2)31-30(40)29(39)27(37)21-43-31/h1,9-14,20,27,29-31,37,39-40H,7-8,15-19,21H2,2-5H3,(H,34,41)(H,35,38)/t27-,29+,30-,31+/m1/s1. The number of aliphatic hydroxyl groups is 3. The molecule has 3 rings (SSSR count). The zero-order valence-electron chi connectivity index (χ0n) is 25.5. The Bertz CT molecular complexity index is 1260. The molecule has 234 valence electrons. The first-order valence-electron chi connectivity index (χ1n) is 14.6. The first kappa shape index (κ1) is 34.0. The molecule has 1 heterocycles. The molecule has 2 amide bonds. The Morgan fingerprint density at radius 1 is 1.14 bits per heavy atom. The minimum Gasteiger partial charge on any atom is -0.494 e. The summed E-state index contributed by atoms with van der Waals surface area (Å²) in [4.78, 5) is 26.9. The van der Waals surface area contributed by atoms with Crippen LogP contribution in [-0.2, 0) is 20.7 Å². The van der Waals surface area contributed by atoms with Gasteiger partial charge in [-0.05, 0) is 75.0 Å². The number of hydrogen-bond donors (Lipinski definition) is 5. The van der Waals surface area contributed by atoms with Gasteiger partial charge in [-0.1, -0.05) is 36.3 Å². The van der Waals surface area contributed by atoms with Crippen LogP contribution in [0.1, 0.15) is 55.0 Å². The number of carbonyl (C=O) groups is 2. The number of nitrogens with one attached hydrogen (secondary N) is 2. The lowest BCUT2D eigenvalue weighted by atomic mass is 9.91. The Kier molecular flexibility index (Phi) is 12.5.